The number of aromatic nitrogens is 2. The minimum atomic E-state index is -0.411. The van der Waals surface area contributed by atoms with E-state index in [1.165, 1.54) is 17.7 Å². The van der Waals surface area contributed by atoms with Crippen molar-refractivity contribution >= 4 is 28.7 Å². The van der Waals surface area contributed by atoms with Crippen LogP contribution in [0.2, 0.25) is 0 Å². The highest BCUT2D eigenvalue weighted by Crippen LogP contribution is 2.17. The molecule has 0 atom stereocenters. The predicted molar refractivity (Wildman–Crippen MR) is 104 cm³/mol. The second-order valence-electron chi connectivity index (χ2n) is 6.41. The molecule has 2 heterocycles. The molecule has 0 radical (unpaired) electrons. The lowest BCUT2D eigenvalue weighted by Gasteiger charge is -2.36. The van der Waals surface area contributed by atoms with E-state index in [1.54, 1.807) is 12.1 Å². The van der Waals surface area contributed by atoms with E-state index < -0.39 is 4.92 Å². The van der Waals surface area contributed by atoms with Gasteiger partial charge >= 0.3 is 0 Å². The number of nitrogens with one attached hydrogen (secondary N) is 1. The van der Waals surface area contributed by atoms with Crippen LogP contribution >= 0.6 is 12.2 Å². The third kappa shape index (κ3) is 4.36. The molecule has 0 unspecified atom stereocenters. The normalized spacial score (nSPS) is 15.1. The molecule has 1 aromatic carbocycles. The van der Waals surface area contributed by atoms with E-state index in [2.05, 4.69) is 26.4 Å². The molecule has 0 amide bonds. The molecule has 0 spiro atoms. The highest BCUT2D eigenvalue weighted by Gasteiger charge is 2.20. The number of piperazine rings is 1. The standard InChI is InChI=1S/C17H22N6O2S/c1-13-14(11-20(2)19-13)12-21-7-9-22(10-8-21)17(26)18-15-3-5-16(6-4-15)23(24)25/h3-6,11H,7-10,12H2,1-2H3,(H,18,26). The molecule has 26 heavy (non-hydrogen) atoms. The first-order valence-corrected chi connectivity index (χ1v) is 8.85. The third-order valence-corrected chi connectivity index (χ3v) is 4.86. The fourth-order valence-electron chi connectivity index (χ4n) is 3.02. The number of thiocarbonyl (C=S) groups is 1. The molecule has 0 aliphatic carbocycles. The van der Waals surface area contributed by atoms with Gasteiger partial charge in [-0.2, -0.15) is 5.10 Å². The first-order chi connectivity index (χ1) is 12.4. The van der Waals surface area contributed by atoms with Crippen molar-refractivity contribution in [2.24, 2.45) is 7.05 Å². The van der Waals surface area contributed by atoms with E-state index in [-0.39, 0.29) is 5.69 Å². The number of nitro benzene ring substituents is 1. The van der Waals surface area contributed by atoms with E-state index in [0.29, 0.717) is 5.11 Å². The summed E-state index contributed by atoms with van der Waals surface area (Å²) in [7, 11) is 1.94. The summed E-state index contributed by atoms with van der Waals surface area (Å²) in [6.07, 6.45) is 2.07. The van der Waals surface area contributed by atoms with Crippen LogP contribution in [0.25, 0.3) is 0 Å². The number of anilines is 1. The van der Waals surface area contributed by atoms with E-state index in [1.807, 2.05) is 18.7 Å². The number of hydrogen-bond acceptors (Lipinski definition) is 5. The lowest BCUT2D eigenvalue weighted by molar-refractivity contribution is -0.384. The lowest BCUT2D eigenvalue weighted by atomic mass is 10.2. The predicted octanol–water partition coefficient (Wildman–Crippen LogP) is 2.15. The molecule has 2 aromatic rings. The number of benzene rings is 1. The second-order valence-corrected chi connectivity index (χ2v) is 6.80. The van der Waals surface area contributed by atoms with Gasteiger partial charge in [-0.3, -0.25) is 19.7 Å². The van der Waals surface area contributed by atoms with Crippen LogP contribution in [0.1, 0.15) is 11.3 Å². The summed E-state index contributed by atoms with van der Waals surface area (Å²) in [6, 6.07) is 6.29. The highest BCUT2D eigenvalue weighted by molar-refractivity contribution is 7.80. The number of nitro groups is 1. The maximum Gasteiger partial charge on any atom is 0.269 e. The zero-order valence-electron chi connectivity index (χ0n) is 14.9. The molecular formula is C17H22N6O2S. The van der Waals surface area contributed by atoms with Crippen LogP contribution in [0.3, 0.4) is 0 Å². The van der Waals surface area contributed by atoms with Crippen molar-refractivity contribution in [3.05, 3.63) is 51.8 Å². The number of rotatable bonds is 4. The summed E-state index contributed by atoms with van der Waals surface area (Å²) >= 11 is 5.48. The molecule has 1 aliphatic heterocycles. The molecular weight excluding hydrogens is 352 g/mol. The van der Waals surface area contributed by atoms with Crippen molar-refractivity contribution in [1.29, 1.82) is 0 Å². The van der Waals surface area contributed by atoms with Crippen LogP contribution in [-0.4, -0.2) is 55.8 Å². The van der Waals surface area contributed by atoms with Crippen LogP contribution in [0.5, 0.6) is 0 Å². The third-order valence-electron chi connectivity index (χ3n) is 4.50. The van der Waals surface area contributed by atoms with Gasteiger partial charge in [0.25, 0.3) is 5.69 Å². The minimum absolute atomic E-state index is 0.0702. The van der Waals surface area contributed by atoms with E-state index >= 15 is 0 Å². The van der Waals surface area contributed by atoms with Crippen LogP contribution < -0.4 is 5.32 Å². The van der Waals surface area contributed by atoms with Crippen molar-refractivity contribution in [3.8, 4) is 0 Å². The first-order valence-electron chi connectivity index (χ1n) is 8.44. The van der Waals surface area contributed by atoms with Gasteiger partial charge in [0.1, 0.15) is 0 Å². The SMILES string of the molecule is Cc1nn(C)cc1CN1CCN(C(=S)Nc2ccc([N+](=O)[O-])cc2)CC1. The molecule has 138 valence electrons. The molecule has 1 saturated heterocycles. The van der Waals surface area contributed by atoms with Gasteiger partial charge in [0.05, 0.1) is 10.6 Å². The van der Waals surface area contributed by atoms with Gasteiger partial charge in [0.15, 0.2) is 5.11 Å². The maximum atomic E-state index is 10.7. The lowest BCUT2D eigenvalue weighted by Crippen LogP contribution is -2.49. The Morgan fingerprint density at radius 1 is 1.27 bits per heavy atom. The van der Waals surface area contributed by atoms with Gasteiger partial charge < -0.3 is 10.2 Å². The Hall–Kier alpha value is -2.52. The molecule has 1 aromatic heterocycles. The number of hydrogen-bond donors (Lipinski definition) is 1. The Bertz CT molecular complexity index is 796. The summed E-state index contributed by atoms with van der Waals surface area (Å²) in [5.74, 6) is 0. The minimum Gasteiger partial charge on any atom is -0.346 e. The molecule has 9 heteroatoms. The van der Waals surface area contributed by atoms with Gasteiger partial charge in [-0.1, -0.05) is 0 Å². The number of non-ortho nitro benzene ring substituents is 1. The van der Waals surface area contributed by atoms with E-state index in [0.717, 1.165) is 44.1 Å². The zero-order chi connectivity index (χ0) is 18.7. The van der Waals surface area contributed by atoms with Crippen LogP contribution in [0.15, 0.2) is 30.5 Å². The molecule has 0 saturated carbocycles. The zero-order valence-corrected chi connectivity index (χ0v) is 15.7. The Labute approximate surface area is 157 Å². The monoisotopic (exact) mass is 374 g/mol. The van der Waals surface area contributed by atoms with Gasteiger partial charge in [-0.05, 0) is 31.3 Å². The van der Waals surface area contributed by atoms with Crippen molar-refractivity contribution < 1.29 is 4.92 Å². The van der Waals surface area contributed by atoms with Crippen molar-refractivity contribution in [2.75, 3.05) is 31.5 Å². The maximum absolute atomic E-state index is 10.7. The molecule has 1 fully saturated rings. The van der Waals surface area contributed by atoms with Crippen molar-refractivity contribution in [3.63, 3.8) is 0 Å². The number of aryl methyl sites for hydroxylation is 2. The van der Waals surface area contributed by atoms with Crippen LogP contribution in [-0.2, 0) is 13.6 Å². The van der Waals surface area contributed by atoms with Gasteiger partial charge in [0, 0.05) is 69.4 Å². The first kappa shape index (κ1) is 18.3. The average Bonchev–Trinajstić information content (AvgIpc) is 2.93. The largest absolute Gasteiger partial charge is 0.346 e. The fraction of sp³-hybridized carbons (Fsp3) is 0.412. The molecule has 1 aliphatic rings. The number of nitrogens with zero attached hydrogens (tertiary/aromatic N) is 5. The van der Waals surface area contributed by atoms with Gasteiger partial charge in [-0.25, -0.2) is 0 Å². The van der Waals surface area contributed by atoms with Crippen LogP contribution in [0.4, 0.5) is 11.4 Å². The summed E-state index contributed by atoms with van der Waals surface area (Å²) in [5, 5.41) is 18.9. The summed E-state index contributed by atoms with van der Waals surface area (Å²) < 4.78 is 1.85. The van der Waals surface area contributed by atoms with Crippen molar-refractivity contribution in [2.45, 2.75) is 13.5 Å². The Balaban J connectivity index is 1.50. The Morgan fingerprint density at radius 3 is 2.46 bits per heavy atom. The summed E-state index contributed by atoms with van der Waals surface area (Å²) in [6.45, 7) is 6.48. The summed E-state index contributed by atoms with van der Waals surface area (Å²) in [4.78, 5) is 14.8. The average molecular weight is 374 g/mol. The van der Waals surface area contributed by atoms with Crippen molar-refractivity contribution in [1.82, 2.24) is 19.6 Å². The smallest absolute Gasteiger partial charge is 0.269 e. The Kier molecular flexibility index (Phi) is 5.48. The van der Waals surface area contributed by atoms with Gasteiger partial charge in [-0.15, -0.1) is 0 Å². The highest BCUT2D eigenvalue weighted by atomic mass is 32.1. The quantitative estimate of drug-likeness (QED) is 0.499. The second kappa shape index (κ2) is 7.79. The summed E-state index contributed by atoms with van der Waals surface area (Å²) in [5.41, 5.74) is 3.16. The fourth-order valence-corrected chi connectivity index (χ4v) is 3.32. The van der Waals surface area contributed by atoms with E-state index in [4.69, 9.17) is 12.2 Å². The Morgan fingerprint density at radius 2 is 1.92 bits per heavy atom. The molecule has 1 N–H and O–H groups in total. The molecule has 8 nitrogen and oxygen atoms in total. The topological polar surface area (TPSA) is 79.5 Å². The van der Waals surface area contributed by atoms with Gasteiger partial charge in [0.2, 0.25) is 0 Å². The molecule has 3 rings (SSSR count). The molecule has 0 bridgehead atoms. The van der Waals surface area contributed by atoms with E-state index in [9.17, 15) is 10.1 Å². The van der Waals surface area contributed by atoms with Crippen LogP contribution in [0, 0.1) is 17.0 Å².